The monoisotopic (exact) mass is 245 g/mol. The van der Waals surface area contributed by atoms with E-state index in [0.29, 0.717) is 11.5 Å². The summed E-state index contributed by atoms with van der Waals surface area (Å²) in [6.07, 6.45) is 4.66. The maximum atomic E-state index is 11.5. The molecule has 5 nitrogen and oxygen atoms in total. The fourth-order valence-electron chi connectivity index (χ4n) is 2.51. The van der Waals surface area contributed by atoms with E-state index < -0.39 is 0 Å². The number of aromatic amines is 1. The number of fused-ring (bicyclic) bond motifs is 1. The summed E-state index contributed by atoms with van der Waals surface area (Å²) in [4.78, 5) is 19.0. The largest absolute Gasteiger partial charge is 0.465 e. The van der Waals surface area contributed by atoms with Crippen LogP contribution in [0, 0.1) is 0 Å². The van der Waals surface area contributed by atoms with E-state index in [9.17, 15) is 4.79 Å². The van der Waals surface area contributed by atoms with Gasteiger partial charge in [-0.25, -0.2) is 9.78 Å². The van der Waals surface area contributed by atoms with Crippen molar-refractivity contribution in [2.24, 2.45) is 0 Å². The summed E-state index contributed by atoms with van der Waals surface area (Å²) >= 11 is 0. The van der Waals surface area contributed by atoms with Crippen molar-refractivity contribution in [3.8, 4) is 0 Å². The molecule has 1 atom stereocenters. The van der Waals surface area contributed by atoms with Gasteiger partial charge in [0.1, 0.15) is 5.65 Å². The lowest BCUT2D eigenvalue weighted by atomic mass is 9.98. The Hall–Kier alpha value is -1.88. The number of carbonyl (C=O) groups excluding carboxylic acids is 1. The second-order valence-electron chi connectivity index (χ2n) is 4.55. The van der Waals surface area contributed by atoms with Crippen LogP contribution in [0.3, 0.4) is 0 Å². The molecule has 0 bridgehead atoms. The van der Waals surface area contributed by atoms with Gasteiger partial charge >= 0.3 is 5.97 Å². The van der Waals surface area contributed by atoms with Crippen LogP contribution in [0.4, 0.5) is 0 Å². The predicted molar refractivity (Wildman–Crippen MR) is 67.7 cm³/mol. The van der Waals surface area contributed by atoms with E-state index in [1.165, 1.54) is 12.7 Å². The zero-order valence-corrected chi connectivity index (χ0v) is 10.2. The third-order valence-corrected chi connectivity index (χ3v) is 3.48. The van der Waals surface area contributed by atoms with Gasteiger partial charge in [-0.15, -0.1) is 0 Å². The number of hydrogen-bond acceptors (Lipinski definition) is 4. The second-order valence-corrected chi connectivity index (χ2v) is 4.55. The summed E-state index contributed by atoms with van der Waals surface area (Å²) in [7, 11) is 1.38. The van der Waals surface area contributed by atoms with Crippen LogP contribution in [0.1, 0.15) is 28.3 Å². The SMILES string of the molecule is COC(=O)c1cnc2[nH]cc(C3CCNC3)c2c1. The van der Waals surface area contributed by atoms with E-state index in [1.54, 1.807) is 6.20 Å². The van der Waals surface area contributed by atoms with Crippen LogP contribution in [-0.4, -0.2) is 36.1 Å². The minimum absolute atomic E-state index is 0.346. The van der Waals surface area contributed by atoms with Gasteiger partial charge in [0.25, 0.3) is 0 Å². The number of H-pyrrole nitrogens is 1. The van der Waals surface area contributed by atoms with E-state index in [2.05, 4.69) is 15.3 Å². The molecule has 0 amide bonds. The van der Waals surface area contributed by atoms with Crippen molar-refractivity contribution in [3.63, 3.8) is 0 Å². The van der Waals surface area contributed by atoms with Gasteiger partial charge in [0, 0.05) is 24.3 Å². The van der Waals surface area contributed by atoms with Crippen LogP contribution in [0.15, 0.2) is 18.5 Å². The molecule has 18 heavy (non-hydrogen) atoms. The molecule has 0 saturated carbocycles. The first-order valence-corrected chi connectivity index (χ1v) is 6.05. The molecule has 1 saturated heterocycles. The first-order valence-electron chi connectivity index (χ1n) is 6.05. The summed E-state index contributed by atoms with van der Waals surface area (Å²) < 4.78 is 4.73. The van der Waals surface area contributed by atoms with Gasteiger partial charge in [0.15, 0.2) is 0 Å². The van der Waals surface area contributed by atoms with Crippen LogP contribution in [0.2, 0.25) is 0 Å². The molecule has 2 aromatic heterocycles. The van der Waals surface area contributed by atoms with E-state index in [-0.39, 0.29) is 5.97 Å². The lowest BCUT2D eigenvalue weighted by molar-refractivity contribution is 0.0600. The number of methoxy groups -OCH3 is 1. The van der Waals surface area contributed by atoms with Crippen molar-refractivity contribution >= 4 is 17.0 Å². The highest BCUT2D eigenvalue weighted by molar-refractivity contribution is 5.94. The molecule has 5 heteroatoms. The Labute approximate surface area is 105 Å². The van der Waals surface area contributed by atoms with Crippen LogP contribution >= 0.6 is 0 Å². The minimum atomic E-state index is -0.346. The number of carbonyl (C=O) groups is 1. The van der Waals surface area contributed by atoms with Gasteiger partial charge in [-0.05, 0) is 30.5 Å². The molecule has 1 aliphatic rings. The molecular weight excluding hydrogens is 230 g/mol. The standard InChI is InChI=1S/C13H15N3O2/c1-18-13(17)9-4-10-11(8-2-3-14-5-8)7-16-12(10)15-6-9/h4,6-8,14H,2-3,5H2,1H3,(H,15,16). The Morgan fingerprint density at radius 1 is 1.56 bits per heavy atom. The van der Waals surface area contributed by atoms with Crippen LogP contribution in [0.5, 0.6) is 0 Å². The molecule has 1 aliphatic heterocycles. The first-order chi connectivity index (χ1) is 8.79. The topological polar surface area (TPSA) is 67.0 Å². The normalized spacial score (nSPS) is 19.3. The number of nitrogens with zero attached hydrogens (tertiary/aromatic N) is 1. The maximum Gasteiger partial charge on any atom is 0.339 e. The highest BCUT2D eigenvalue weighted by Gasteiger charge is 2.21. The molecule has 3 heterocycles. The van der Waals surface area contributed by atoms with Crippen molar-refractivity contribution in [2.75, 3.05) is 20.2 Å². The van der Waals surface area contributed by atoms with E-state index in [4.69, 9.17) is 4.74 Å². The fraction of sp³-hybridized carbons (Fsp3) is 0.385. The molecule has 94 valence electrons. The summed E-state index contributed by atoms with van der Waals surface area (Å²) in [5.41, 5.74) is 2.55. The molecule has 0 radical (unpaired) electrons. The van der Waals surface area contributed by atoms with Gasteiger partial charge in [-0.3, -0.25) is 0 Å². The summed E-state index contributed by atoms with van der Waals surface area (Å²) in [6.45, 7) is 2.02. The minimum Gasteiger partial charge on any atom is -0.465 e. The second kappa shape index (κ2) is 4.42. The third-order valence-electron chi connectivity index (χ3n) is 3.48. The highest BCUT2D eigenvalue weighted by Crippen LogP contribution is 2.29. The number of rotatable bonds is 2. The number of nitrogens with one attached hydrogen (secondary N) is 2. The van der Waals surface area contributed by atoms with Crippen LogP contribution < -0.4 is 5.32 Å². The van der Waals surface area contributed by atoms with Gasteiger partial charge in [-0.2, -0.15) is 0 Å². The smallest absolute Gasteiger partial charge is 0.339 e. The molecule has 1 fully saturated rings. The molecule has 0 aromatic carbocycles. The summed E-state index contributed by atoms with van der Waals surface area (Å²) in [5, 5.41) is 4.37. The Morgan fingerprint density at radius 3 is 3.17 bits per heavy atom. The van der Waals surface area contributed by atoms with Crippen molar-refractivity contribution in [1.29, 1.82) is 0 Å². The van der Waals surface area contributed by atoms with Crippen LogP contribution in [0.25, 0.3) is 11.0 Å². The summed E-state index contributed by atoms with van der Waals surface area (Å²) in [6, 6.07) is 1.86. The molecule has 0 aliphatic carbocycles. The molecule has 1 unspecified atom stereocenters. The Kier molecular flexibility index (Phi) is 2.76. The van der Waals surface area contributed by atoms with Crippen molar-refractivity contribution in [3.05, 3.63) is 29.6 Å². The molecular formula is C13H15N3O2. The highest BCUT2D eigenvalue weighted by atomic mass is 16.5. The average molecular weight is 245 g/mol. The van der Waals surface area contributed by atoms with E-state index in [0.717, 1.165) is 30.5 Å². The zero-order chi connectivity index (χ0) is 12.5. The Morgan fingerprint density at radius 2 is 2.44 bits per heavy atom. The number of pyridine rings is 1. The number of esters is 1. The molecule has 3 rings (SSSR count). The average Bonchev–Trinajstić information content (AvgIpc) is 3.05. The van der Waals surface area contributed by atoms with Crippen molar-refractivity contribution < 1.29 is 9.53 Å². The lowest BCUT2D eigenvalue weighted by Crippen LogP contribution is -2.07. The fourth-order valence-corrected chi connectivity index (χ4v) is 2.51. The predicted octanol–water partition coefficient (Wildman–Crippen LogP) is 1.43. The third kappa shape index (κ3) is 1.76. The molecule has 2 aromatic rings. The van der Waals surface area contributed by atoms with Crippen molar-refractivity contribution in [2.45, 2.75) is 12.3 Å². The van der Waals surface area contributed by atoms with Gasteiger partial charge in [0.2, 0.25) is 0 Å². The van der Waals surface area contributed by atoms with Crippen LogP contribution in [-0.2, 0) is 4.74 Å². The van der Waals surface area contributed by atoms with E-state index in [1.807, 2.05) is 12.3 Å². The van der Waals surface area contributed by atoms with Gasteiger partial charge < -0.3 is 15.0 Å². The van der Waals surface area contributed by atoms with Gasteiger partial charge in [0.05, 0.1) is 12.7 Å². The molecule has 2 N–H and O–H groups in total. The quantitative estimate of drug-likeness (QED) is 0.785. The Balaban J connectivity index is 2.07. The number of ether oxygens (including phenoxy) is 1. The zero-order valence-electron chi connectivity index (χ0n) is 10.2. The van der Waals surface area contributed by atoms with E-state index >= 15 is 0 Å². The first kappa shape index (κ1) is 11.2. The lowest BCUT2D eigenvalue weighted by Gasteiger charge is -2.06. The number of aromatic nitrogens is 2. The maximum absolute atomic E-state index is 11.5. The summed E-state index contributed by atoms with van der Waals surface area (Å²) in [5.74, 6) is 0.148. The molecule has 0 spiro atoms. The van der Waals surface area contributed by atoms with Crippen molar-refractivity contribution in [1.82, 2.24) is 15.3 Å². The number of hydrogen-bond donors (Lipinski definition) is 2. The Bertz CT molecular complexity index is 585. The van der Waals surface area contributed by atoms with Gasteiger partial charge in [-0.1, -0.05) is 0 Å².